The van der Waals surface area contributed by atoms with Gasteiger partial charge in [0.15, 0.2) is 5.78 Å². The normalized spacial score (nSPS) is 10.7. The fraction of sp³-hybridized carbons (Fsp3) is 0.125. The molecule has 30 heavy (non-hydrogen) atoms. The minimum atomic E-state index is -0.458. The predicted molar refractivity (Wildman–Crippen MR) is 117 cm³/mol. The molecule has 0 amide bonds. The van der Waals surface area contributed by atoms with Gasteiger partial charge < -0.3 is 9.47 Å². The molecule has 150 valence electrons. The number of esters is 1. The molecule has 4 aromatic rings. The van der Waals surface area contributed by atoms with Crippen LogP contribution in [0.2, 0.25) is 0 Å². The zero-order chi connectivity index (χ0) is 21.1. The Kier molecular flexibility index (Phi) is 5.59. The van der Waals surface area contributed by atoms with Crippen molar-refractivity contribution >= 4 is 33.3 Å². The van der Waals surface area contributed by atoms with Crippen molar-refractivity contribution in [3.05, 3.63) is 83.4 Å². The molecule has 0 saturated heterocycles. The largest absolute Gasteiger partial charge is 0.496 e. The molecule has 0 spiro atoms. The summed E-state index contributed by atoms with van der Waals surface area (Å²) in [5.74, 6) is 0.0406. The maximum atomic E-state index is 12.9. The molecule has 3 aromatic carbocycles. The zero-order valence-corrected chi connectivity index (χ0v) is 17.4. The van der Waals surface area contributed by atoms with Crippen molar-refractivity contribution < 1.29 is 19.1 Å². The van der Waals surface area contributed by atoms with E-state index in [2.05, 4.69) is 4.98 Å². The Hall–Kier alpha value is -3.51. The van der Waals surface area contributed by atoms with Crippen molar-refractivity contribution in [3.8, 4) is 16.3 Å². The Morgan fingerprint density at radius 2 is 1.77 bits per heavy atom. The minimum absolute atomic E-state index is 0.00267. The molecule has 1 aromatic heterocycles. The molecule has 0 aliphatic rings. The standard InChI is InChI=1S/C24H19NO4S/c1-15(26)16-11-12-21(28-2)17(13-16)14-29-24(27)19-8-4-3-7-18(19)23-25-20-9-5-6-10-22(20)30-23/h3-13H,14H2,1-2H3. The van der Waals surface area contributed by atoms with Crippen molar-refractivity contribution in [2.45, 2.75) is 13.5 Å². The number of methoxy groups -OCH3 is 1. The van der Waals surface area contributed by atoms with E-state index in [-0.39, 0.29) is 12.4 Å². The molecule has 5 nitrogen and oxygen atoms in total. The summed E-state index contributed by atoms with van der Waals surface area (Å²) in [6.45, 7) is 1.49. The number of hydrogen-bond acceptors (Lipinski definition) is 6. The first-order chi connectivity index (χ1) is 14.6. The van der Waals surface area contributed by atoms with Crippen LogP contribution in [0.3, 0.4) is 0 Å². The van der Waals surface area contributed by atoms with Gasteiger partial charge in [0.1, 0.15) is 17.4 Å². The van der Waals surface area contributed by atoms with Crippen molar-refractivity contribution in [2.75, 3.05) is 7.11 Å². The third-order valence-electron chi connectivity index (χ3n) is 4.72. The molecule has 0 aliphatic heterocycles. The van der Waals surface area contributed by atoms with Crippen LogP contribution in [0.5, 0.6) is 5.75 Å². The number of ketones is 1. The summed E-state index contributed by atoms with van der Waals surface area (Å²) >= 11 is 1.53. The van der Waals surface area contributed by atoms with Crippen LogP contribution in [-0.2, 0) is 11.3 Å². The van der Waals surface area contributed by atoms with Gasteiger partial charge in [0, 0.05) is 16.7 Å². The van der Waals surface area contributed by atoms with E-state index in [1.165, 1.54) is 25.4 Å². The van der Waals surface area contributed by atoms with Gasteiger partial charge in [-0.25, -0.2) is 9.78 Å². The van der Waals surface area contributed by atoms with Gasteiger partial charge in [-0.05, 0) is 43.3 Å². The lowest BCUT2D eigenvalue weighted by Crippen LogP contribution is -2.08. The summed E-state index contributed by atoms with van der Waals surface area (Å²) < 4.78 is 12.0. The van der Waals surface area contributed by atoms with Crippen LogP contribution in [-0.4, -0.2) is 23.8 Å². The van der Waals surface area contributed by atoms with Gasteiger partial charge in [-0.15, -0.1) is 11.3 Å². The van der Waals surface area contributed by atoms with Crippen molar-refractivity contribution in [1.29, 1.82) is 0 Å². The van der Waals surface area contributed by atoms with Crippen molar-refractivity contribution in [2.24, 2.45) is 0 Å². The summed E-state index contributed by atoms with van der Waals surface area (Å²) in [5.41, 5.74) is 3.24. The average Bonchev–Trinajstić information content (AvgIpc) is 3.21. The van der Waals surface area contributed by atoms with Crippen LogP contribution in [0, 0.1) is 0 Å². The highest BCUT2D eigenvalue weighted by Crippen LogP contribution is 2.32. The molecule has 0 N–H and O–H groups in total. The number of rotatable bonds is 6. The lowest BCUT2D eigenvalue weighted by molar-refractivity contribution is 0.0471. The first-order valence-corrected chi connectivity index (χ1v) is 10.2. The fourth-order valence-corrected chi connectivity index (χ4v) is 4.17. The highest BCUT2D eigenvalue weighted by molar-refractivity contribution is 7.21. The van der Waals surface area contributed by atoms with Crippen molar-refractivity contribution in [1.82, 2.24) is 4.98 Å². The number of para-hydroxylation sites is 1. The van der Waals surface area contributed by atoms with Gasteiger partial charge in [0.25, 0.3) is 0 Å². The zero-order valence-electron chi connectivity index (χ0n) is 16.5. The maximum absolute atomic E-state index is 12.9. The molecule has 0 unspecified atom stereocenters. The Balaban J connectivity index is 1.61. The van der Waals surface area contributed by atoms with E-state index in [4.69, 9.17) is 9.47 Å². The third-order valence-corrected chi connectivity index (χ3v) is 5.79. The van der Waals surface area contributed by atoms with E-state index in [1.807, 2.05) is 36.4 Å². The number of aromatic nitrogens is 1. The smallest absolute Gasteiger partial charge is 0.339 e. The highest BCUT2D eigenvalue weighted by atomic mass is 32.1. The number of benzene rings is 3. The molecular formula is C24H19NO4S. The highest BCUT2D eigenvalue weighted by Gasteiger charge is 2.18. The topological polar surface area (TPSA) is 65.5 Å². The number of fused-ring (bicyclic) bond motifs is 1. The van der Waals surface area contributed by atoms with Crippen LogP contribution in [0.25, 0.3) is 20.8 Å². The maximum Gasteiger partial charge on any atom is 0.339 e. The van der Waals surface area contributed by atoms with Gasteiger partial charge in [-0.3, -0.25) is 4.79 Å². The molecule has 0 fully saturated rings. The quantitative estimate of drug-likeness (QED) is 0.305. The number of nitrogens with zero attached hydrogens (tertiary/aromatic N) is 1. The van der Waals surface area contributed by atoms with E-state index in [0.29, 0.717) is 22.4 Å². The summed E-state index contributed by atoms with van der Waals surface area (Å²) in [6.07, 6.45) is 0. The summed E-state index contributed by atoms with van der Waals surface area (Å²) in [5, 5.41) is 0.764. The average molecular weight is 417 g/mol. The van der Waals surface area contributed by atoms with Crippen molar-refractivity contribution in [3.63, 3.8) is 0 Å². The monoisotopic (exact) mass is 417 g/mol. The molecule has 6 heteroatoms. The van der Waals surface area contributed by atoms with Gasteiger partial charge >= 0.3 is 5.97 Å². The number of thiazole rings is 1. The van der Waals surface area contributed by atoms with Crippen LogP contribution in [0.4, 0.5) is 0 Å². The van der Waals surface area contributed by atoms with Gasteiger partial charge in [-0.1, -0.05) is 30.3 Å². The van der Waals surface area contributed by atoms with E-state index in [0.717, 1.165) is 20.8 Å². The molecule has 0 saturated carbocycles. The van der Waals surface area contributed by atoms with E-state index in [1.54, 1.807) is 30.3 Å². The van der Waals surface area contributed by atoms with Gasteiger partial charge in [0.2, 0.25) is 0 Å². The van der Waals surface area contributed by atoms with E-state index in [9.17, 15) is 9.59 Å². The fourth-order valence-electron chi connectivity index (χ4n) is 3.17. The van der Waals surface area contributed by atoms with Gasteiger partial charge in [-0.2, -0.15) is 0 Å². The molecule has 1 heterocycles. The second kappa shape index (κ2) is 8.47. The van der Waals surface area contributed by atoms with Crippen LogP contribution >= 0.6 is 11.3 Å². The minimum Gasteiger partial charge on any atom is -0.496 e. The Morgan fingerprint density at radius 1 is 1.00 bits per heavy atom. The molecule has 0 atom stereocenters. The Morgan fingerprint density at radius 3 is 2.53 bits per heavy atom. The lowest BCUT2D eigenvalue weighted by atomic mass is 10.1. The number of Topliss-reactive ketones (excluding diaryl/α,β-unsaturated/α-hetero) is 1. The Labute approximate surface area is 177 Å². The summed E-state index contributed by atoms with van der Waals surface area (Å²) in [6, 6.07) is 20.2. The Bertz CT molecular complexity index is 1210. The molecule has 0 aliphatic carbocycles. The van der Waals surface area contributed by atoms with E-state index >= 15 is 0 Å². The lowest BCUT2D eigenvalue weighted by Gasteiger charge is -2.12. The summed E-state index contributed by atoms with van der Waals surface area (Å²) in [7, 11) is 1.54. The van der Waals surface area contributed by atoms with Crippen LogP contribution in [0.15, 0.2) is 66.7 Å². The second-order valence-corrected chi connectivity index (χ2v) is 7.72. The number of carbonyl (C=O) groups excluding carboxylic acids is 2. The molecule has 0 bridgehead atoms. The van der Waals surface area contributed by atoms with Crippen LogP contribution < -0.4 is 4.74 Å². The van der Waals surface area contributed by atoms with Crippen LogP contribution in [0.1, 0.15) is 33.2 Å². The SMILES string of the molecule is COc1ccc(C(C)=O)cc1COC(=O)c1ccccc1-c1nc2ccccc2s1. The van der Waals surface area contributed by atoms with E-state index < -0.39 is 5.97 Å². The predicted octanol–water partition coefficient (Wildman–Crippen LogP) is 5.53. The second-order valence-electron chi connectivity index (χ2n) is 6.69. The molecule has 0 radical (unpaired) electrons. The molecule has 4 rings (SSSR count). The first kappa shape index (κ1) is 19.8. The number of carbonyl (C=O) groups is 2. The summed E-state index contributed by atoms with van der Waals surface area (Å²) in [4.78, 5) is 29.2. The first-order valence-electron chi connectivity index (χ1n) is 9.37. The third kappa shape index (κ3) is 3.95. The number of hydrogen-bond donors (Lipinski definition) is 0. The number of ether oxygens (including phenoxy) is 2. The molecular weight excluding hydrogens is 398 g/mol. The van der Waals surface area contributed by atoms with Gasteiger partial charge in [0.05, 0.1) is 22.9 Å².